The van der Waals surface area contributed by atoms with Crippen LogP contribution in [0.4, 0.5) is 8.78 Å². The molecule has 0 fully saturated rings. The lowest BCUT2D eigenvalue weighted by atomic mass is 10.2. The Morgan fingerprint density at radius 3 is 2.77 bits per heavy atom. The highest BCUT2D eigenvalue weighted by molar-refractivity contribution is 6.34. The van der Waals surface area contributed by atoms with Gasteiger partial charge in [-0.2, -0.15) is 0 Å². The molecular weight excluding hydrogens is 364 g/mol. The molecule has 1 aliphatic heterocycles. The quantitative estimate of drug-likeness (QED) is 0.334. The summed E-state index contributed by atoms with van der Waals surface area (Å²) in [4.78, 5) is 16.1. The Hall–Kier alpha value is -2.99. The van der Waals surface area contributed by atoms with Crippen molar-refractivity contribution < 1.29 is 23.0 Å². The molecule has 26 heavy (non-hydrogen) atoms. The molecule has 2 aromatic carbocycles. The summed E-state index contributed by atoms with van der Waals surface area (Å²) in [5.41, 5.74) is 0.645. The highest BCUT2D eigenvalue weighted by Crippen LogP contribution is 2.26. The summed E-state index contributed by atoms with van der Waals surface area (Å²) >= 11 is 5.88. The van der Waals surface area contributed by atoms with Gasteiger partial charge in [0.05, 0.1) is 10.6 Å². The van der Waals surface area contributed by atoms with Gasteiger partial charge in [-0.3, -0.25) is 0 Å². The van der Waals surface area contributed by atoms with Crippen LogP contribution < -0.4 is 4.74 Å². The lowest BCUT2D eigenvalue weighted by molar-refractivity contribution is -0.129. The second kappa shape index (κ2) is 7.49. The predicted octanol–water partition coefficient (Wildman–Crippen LogP) is 4.53. The molecule has 0 aromatic heterocycles. The third-order valence-electron chi connectivity index (χ3n) is 3.39. The fraction of sp³-hybridized carbons (Fsp3) is 0.0526. The van der Waals surface area contributed by atoms with Crippen molar-refractivity contribution in [3.63, 3.8) is 0 Å². The minimum atomic E-state index is -1.12. The third-order valence-corrected chi connectivity index (χ3v) is 3.70. The van der Waals surface area contributed by atoms with Gasteiger partial charge in [-0.25, -0.2) is 18.6 Å². The van der Waals surface area contributed by atoms with E-state index in [9.17, 15) is 13.6 Å². The van der Waals surface area contributed by atoms with Gasteiger partial charge in [0, 0.05) is 0 Å². The maximum Gasteiger partial charge on any atom is 0.363 e. The van der Waals surface area contributed by atoms with E-state index in [2.05, 4.69) is 11.6 Å². The molecule has 1 heterocycles. The van der Waals surface area contributed by atoms with E-state index < -0.39 is 17.6 Å². The van der Waals surface area contributed by atoms with Crippen LogP contribution in [0.15, 0.2) is 59.7 Å². The van der Waals surface area contributed by atoms with Crippen LogP contribution in [0.2, 0.25) is 5.02 Å². The molecule has 0 N–H and O–H groups in total. The molecule has 0 amide bonds. The Morgan fingerprint density at radius 2 is 2.00 bits per heavy atom. The Bertz CT molecular complexity index is 954. The largest absolute Gasteiger partial charge is 0.490 e. The molecule has 2 aromatic rings. The zero-order chi connectivity index (χ0) is 18.7. The molecule has 0 unspecified atom stereocenters. The number of rotatable bonds is 5. The first-order valence-electron chi connectivity index (χ1n) is 7.49. The first-order chi connectivity index (χ1) is 12.5. The topological polar surface area (TPSA) is 47.9 Å². The molecule has 0 atom stereocenters. The number of carbonyl (C=O) groups excluding carboxylic acids is 1. The molecule has 0 saturated heterocycles. The molecule has 0 spiro atoms. The van der Waals surface area contributed by atoms with Crippen molar-refractivity contribution in [2.75, 3.05) is 6.61 Å². The molecule has 0 saturated carbocycles. The summed E-state index contributed by atoms with van der Waals surface area (Å²) in [6.07, 6.45) is 3.10. The fourth-order valence-electron chi connectivity index (χ4n) is 2.22. The maximum atomic E-state index is 13.4. The highest BCUT2D eigenvalue weighted by atomic mass is 35.5. The highest BCUT2D eigenvalue weighted by Gasteiger charge is 2.26. The van der Waals surface area contributed by atoms with Crippen molar-refractivity contribution >= 4 is 29.5 Å². The van der Waals surface area contributed by atoms with Crippen LogP contribution in [0.5, 0.6) is 5.75 Å². The first-order valence-corrected chi connectivity index (χ1v) is 7.87. The summed E-state index contributed by atoms with van der Waals surface area (Å²) in [6.45, 7) is 3.92. The second-order valence-electron chi connectivity index (χ2n) is 5.25. The molecule has 3 rings (SSSR count). The zero-order valence-corrected chi connectivity index (χ0v) is 14.1. The number of ether oxygens (including phenoxy) is 2. The van der Waals surface area contributed by atoms with Crippen LogP contribution in [0.3, 0.4) is 0 Å². The minimum absolute atomic E-state index is 0.00155. The van der Waals surface area contributed by atoms with Crippen molar-refractivity contribution in [3.8, 4) is 5.75 Å². The molecule has 4 nitrogen and oxygen atoms in total. The predicted molar refractivity (Wildman–Crippen MR) is 94.1 cm³/mol. The van der Waals surface area contributed by atoms with Crippen LogP contribution in [0.25, 0.3) is 6.08 Å². The van der Waals surface area contributed by atoms with Crippen molar-refractivity contribution in [1.82, 2.24) is 0 Å². The summed E-state index contributed by atoms with van der Waals surface area (Å²) < 4.78 is 37.1. The first kappa shape index (κ1) is 17.8. The van der Waals surface area contributed by atoms with Gasteiger partial charge in [0.25, 0.3) is 0 Å². The van der Waals surface area contributed by atoms with Crippen LogP contribution in [-0.2, 0) is 9.53 Å². The van der Waals surface area contributed by atoms with Crippen molar-refractivity contribution in [1.29, 1.82) is 0 Å². The van der Waals surface area contributed by atoms with Gasteiger partial charge in [0.2, 0.25) is 5.90 Å². The number of hydrogen-bond acceptors (Lipinski definition) is 4. The molecule has 1 aliphatic rings. The summed E-state index contributed by atoms with van der Waals surface area (Å²) in [7, 11) is 0. The summed E-state index contributed by atoms with van der Waals surface area (Å²) in [5.74, 6) is -2.54. The Kier molecular flexibility index (Phi) is 5.14. The Labute approximate surface area is 153 Å². The van der Waals surface area contributed by atoms with Gasteiger partial charge in [-0.1, -0.05) is 36.4 Å². The van der Waals surface area contributed by atoms with E-state index in [-0.39, 0.29) is 22.2 Å². The molecule has 0 aliphatic carbocycles. The molecule has 7 heteroatoms. The number of cyclic esters (lactones) is 1. The number of aliphatic imine (C=N–C) groups is 1. The molecule has 0 radical (unpaired) electrons. The van der Waals surface area contributed by atoms with Gasteiger partial charge in [-0.15, -0.1) is 0 Å². The van der Waals surface area contributed by atoms with E-state index >= 15 is 0 Å². The van der Waals surface area contributed by atoms with Crippen molar-refractivity contribution in [2.45, 2.75) is 0 Å². The number of halogens is 3. The van der Waals surface area contributed by atoms with E-state index in [4.69, 9.17) is 21.1 Å². The van der Waals surface area contributed by atoms with Crippen molar-refractivity contribution in [2.24, 2.45) is 4.99 Å². The Morgan fingerprint density at radius 1 is 1.23 bits per heavy atom. The van der Waals surface area contributed by atoms with Crippen LogP contribution >= 0.6 is 11.6 Å². The molecule has 0 bridgehead atoms. The van der Waals surface area contributed by atoms with Crippen LogP contribution in [0, 0.1) is 11.6 Å². The van der Waals surface area contributed by atoms with E-state index in [1.54, 1.807) is 30.3 Å². The van der Waals surface area contributed by atoms with E-state index in [1.807, 2.05) is 0 Å². The van der Waals surface area contributed by atoms with Gasteiger partial charge in [-0.05, 0) is 35.9 Å². The summed E-state index contributed by atoms with van der Waals surface area (Å²) in [6, 6.07) is 8.60. The average Bonchev–Trinajstić information content (AvgIpc) is 2.97. The van der Waals surface area contributed by atoms with Gasteiger partial charge >= 0.3 is 5.97 Å². The van der Waals surface area contributed by atoms with E-state index in [0.29, 0.717) is 17.9 Å². The molecular formula is C19H12ClF2NO3. The number of nitrogens with zero attached hydrogens (tertiary/aromatic N) is 1. The maximum absolute atomic E-state index is 13.4. The smallest absolute Gasteiger partial charge is 0.363 e. The summed E-state index contributed by atoms with van der Waals surface area (Å²) in [5, 5.41) is -0.114. The van der Waals surface area contributed by atoms with Crippen molar-refractivity contribution in [3.05, 3.63) is 82.5 Å². The van der Waals surface area contributed by atoms with Gasteiger partial charge in [0.15, 0.2) is 17.3 Å². The normalized spacial score (nSPS) is 15.0. The number of esters is 1. The monoisotopic (exact) mass is 375 g/mol. The number of carbonyl (C=O) groups is 1. The van der Waals surface area contributed by atoms with Crippen LogP contribution in [-0.4, -0.2) is 18.5 Å². The van der Waals surface area contributed by atoms with E-state index in [1.165, 1.54) is 6.08 Å². The zero-order valence-electron chi connectivity index (χ0n) is 13.3. The second-order valence-corrected chi connectivity index (χ2v) is 5.66. The van der Waals surface area contributed by atoms with E-state index in [0.717, 1.165) is 12.1 Å². The van der Waals surface area contributed by atoms with Gasteiger partial charge < -0.3 is 9.47 Å². The third kappa shape index (κ3) is 3.81. The van der Waals surface area contributed by atoms with Crippen LogP contribution in [0.1, 0.15) is 11.1 Å². The standard InChI is InChI=1S/C19H12ClF2NO3/c1-2-6-25-12-5-3-4-11(7-12)8-17-19(24)26-18(23-17)13-9-15(21)16(22)10-14(13)20/h2-5,7-10H,1,6H2/b17-8-. The fourth-order valence-corrected chi connectivity index (χ4v) is 2.45. The Balaban J connectivity index is 1.92. The van der Waals surface area contributed by atoms with Gasteiger partial charge in [0.1, 0.15) is 12.4 Å². The lowest BCUT2D eigenvalue weighted by Crippen LogP contribution is -2.07. The minimum Gasteiger partial charge on any atom is -0.490 e. The number of benzene rings is 2. The molecule has 132 valence electrons. The SMILES string of the molecule is C=CCOc1cccc(/C=C2\N=C(c3cc(F)c(F)cc3Cl)OC2=O)c1. The number of hydrogen-bond donors (Lipinski definition) is 0. The lowest BCUT2D eigenvalue weighted by Gasteiger charge is -2.03. The average molecular weight is 376 g/mol.